The van der Waals surface area contributed by atoms with Gasteiger partial charge in [-0.2, -0.15) is 0 Å². The minimum atomic E-state index is 0.163. The van der Waals surface area contributed by atoms with Gasteiger partial charge in [-0.05, 0) is 6.54 Å². The van der Waals surface area contributed by atoms with Crippen LogP contribution in [0.15, 0.2) is 0 Å². The summed E-state index contributed by atoms with van der Waals surface area (Å²) in [6, 6.07) is 0. The number of thiocarbonyl (C=S) groups is 1. The summed E-state index contributed by atoms with van der Waals surface area (Å²) in [5.74, 6) is 0. The Labute approximate surface area is 66.8 Å². The highest BCUT2D eigenvalue weighted by atomic mass is 32.1. The molecule has 0 amide bonds. The third-order valence-corrected chi connectivity index (χ3v) is 1.37. The van der Waals surface area contributed by atoms with E-state index in [-0.39, 0.29) is 6.61 Å². The first kappa shape index (κ1) is 9.81. The van der Waals surface area contributed by atoms with Gasteiger partial charge in [0.2, 0.25) is 0 Å². The lowest BCUT2D eigenvalue weighted by Crippen LogP contribution is -2.34. The standard InChI is InChI=1S/C6H14N2OS/c1-2-8(3-4-9)5-6(7)10/h9H,2-5H2,1H3,(H2,7,10). The highest BCUT2D eigenvalue weighted by Crippen LogP contribution is 1.85. The smallest absolute Gasteiger partial charge is 0.0870 e. The zero-order valence-corrected chi connectivity index (χ0v) is 7.02. The van der Waals surface area contributed by atoms with Gasteiger partial charge in [-0.15, -0.1) is 0 Å². The van der Waals surface area contributed by atoms with Crippen LogP contribution in [0.3, 0.4) is 0 Å². The van der Waals surface area contributed by atoms with Crippen LogP contribution in [-0.2, 0) is 0 Å². The molecule has 0 aliphatic carbocycles. The quantitative estimate of drug-likeness (QED) is 0.539. The molecule has 0 atom stereocenters. The number of rotatable bonds is 5. The molecule has 0 aromatic carbocycles. The van der Waals surface area contributed by atoms with Crippen LogP contribution < -0.4 is 5.73 Å². The number of hydrogen-bond acceptors (Lipinski definition) is 3. The fourth-order valence-corrected chi connectivity index (χ4v) is 0.893. The van der Waals surface area contributed by atoms with Crippen LogP contribution in [0.1, 0.15) is 6.92 Å². The van der Waals surface area contributed by atoms with Crippen LogP contribution >= 0.6 is 12.2 Å². The molecule has 0 unspecified atom stereocenters. The number of hydrogen-bond donors (Lipinski definition) is 2. The molecule has 0 aliphatic rings. The first-order valence-corrected chi connectivity index (χ1v) is 3.73. The molecule has 0 bridgehead atoms. The summed E-state index contributed by atoms with van der Waals surface area (Å²) in [5, 5.41) is 8.55. The van der Waals surface area contributed by atoms with E-state index in [0.717, 1.165) is 6.54 Å². The van der Waals surface area contributed by atoms with E-state index >= 15 is 0 Å². The average molecular weight is 162 g/mol. The molecule has 60 valence electrons. The van der Waals surface area contributed by atoms with Gasteiger partial charge in [0.1, 0.15) is 0 Å². The van der Waals surface area contributed by atoms with Gasteiger partial charge in [0.05, 0.1) is 11.6 Å². The lowest BCUT2D eigenvalue weighted by atomic mass is 10.4. The monoisotopic (exact) mass is 162 g/mol. The zero-order chi connectivity index (χ0) is 7.98. The summed E-state index contributed by atoms with van der Waals surface area (Å²) in [5.41, 5.74) is 5.31. The van der Waals surface area contributed by atoms with Gasteiger partial charge in [0.25, 0.3) is 0 Å². The minimum Gasteiger partial charge on any atom is -0.395 e. The number of likely N-dealkylation sites (N-methyl/N-ethyl adjacent to an activating group) is 1. The van der Waals surface area contributed by atoms with Crippen molar-refractivity contribution in [2.75, 3.05) is 26.2 Å². The van der Waals surface area contributed by atoms with Gasteiger partial charge in [-0.3, -0.25) is 4.90 Å². The Morgan fingerprint density at radius 3 is 2.60 bits per heavy atom. The molecule has 0 aromatic heterocycles. The molecule has 0 saturated carbocycles. The average Bonchev–Trinajstić information content (AvgIpc) is 1.86. The maximum absolute atomic E-state index is 8.55. The molecule has 0 fully saturated rings. The first-order valence-electron chi connectivity index (χ1n) is 3.32. The molecule has 4 heteroatoms. The maximum Gasteiger partial charge on any atom is 0.0870 e. The molecule has 3 N–H and O–H groups in total. The zero-order valence-electron chi connectivity index (χ0n) is 6.21. The molecule has 10 heavy (non-hydrogen) atoms. The van der Waals surface area contributed by atoms with Crippen LogP contribution in [0.2, 0.25) is 0 Å². The molecule has 3 nitrogen and oxygen atoms in total. The van der Waals surface area contributed by atoms with Crippen molar-refractivity contribution >= 4 is 17.2 Å². The second-order valence-electron chi connectivity index (χ2n) is 2.06. The molecule has 0 heterocycles. The van der Waals surface area contributed by atoms with Crippen molar-refractivity contribution in [2.45, 2.75) is 6.92 Å². The van der Waals surface area contributed by atoms with E-state index in [2.05, 4.69) is 0 Å². The van der Waals surface area contributed by atoms with Crippen molar-refractivity contribution < 1.29 is 5.11 Å². The second-order valence-corrected chi connectivity index (χ2v) is 2.58. The van der Waals surface area contributed by atoms with Crippen molar-refractivity contribution in [2.24, 2.45) is 5.73 Å². The molecule has 0 aromatic rings. The van der Waals surface area contributed by atoms with E-state index in [4.69, 9.17) is 23.1 Å². The van der Waals surface area contributed by atoms with Crippen LogP contribution in [-0.4, -0.2) is 41.2 Å². The van der Waals surface area contributed by atoms with Crippen LogP contribution in [0, 0.1) is 0 Å². The largest absolute Gasteiger partial charge is 0.395 e. The van der Waals surface area contributed by atoms with Crippen LogP contribution in [0.5, 0.6) is 0 Å². The molecule has 0 aliphatic heterocycles. The number of nitrogens with zero attached hydrogens (tertiary/aromatic N) is 1. The molecular formula is C6H14N2OS. The van der Waals surface area contributed by atoms with E-state index < -0.39 is 0 Å². The van der Waals surface area contributed by atoms with Crippen LogP contribution in [0.25, 0.3) is 0 Å². The minimum absolute atomic E-state index is 0.163. The van der Waals surface area contributed by atoms with Crippen molar-refractivity contribution in [1.29, 1.82) is 0 Å². The lowest BCUT2D eigenvalue weighted by molar-refractivity contribution is 0.218. The van der Waals surface area contributed by atoms with Gasteiger partial charge in [0.15, 0.2) is 0 Å². The van der Waals surface area contributed by atoms with Gasteiger partial charge >= 0.3 is 0 Å². The Balaban J connectivity index is 3.49. The molecule has 0 spiro atoms. The Kier molecular flexibility index (Phi) is 5.48. The summed E-state index contributed by atoms with van der Waals surface area (Å²) in [6.07, 6.45) is 0. The highest BCUT2D eigenvalue weighted by molar-refractivity contribution is 7.80. The fraction of sp³-hybridized carbons (Fsp3) is 0.833. The summed E-state index contributed by atoms with van der Waals surface area (Å²) < 4.78 is 0. The SMILES string of the molecule is CCN(CCO)CC(N)=S. The number of aliphatic hydroxyl groups is 1. The summed E-state index contributed by atoms with van der Waals surface area (Å²) in [4.78, 5) is 2.47. The fourth-order valence-electron chi connectivity index (χ4n) is 0.711. The first-order chi connectivity index (χ1) is 4.70. The Bertz CT molecular complexity index is 108. The Morgan fingerprint density at radius 1 is 1.70 bits per heavy atom. The van der Waals surface area contributed by atoms with Gasteiger partial charge in [-0.25, -0.2) is 0 Å². The summed E-state index contributed by atoms with van der Waals surface area (Å²) >= 11 is 4.71. The van der Waals surface area contributed by atoms with Crippen molar-refractivity contribution in [3.8, 4) is 0 Å². The van der Waals surface area contributed by atoms with Crippen molar-refractivity contribution in [3.05, 3.63) is 0 Å². The van der Waals surface area contributed by atoms with Gasteiger partial charge in [0, 0.05) is 13.1 Å². The van der Waals surface area contributed by atoms with E-state index in [1.165, 1.54) is 0 Å². The normalized spacial score (nSPS) is 10.3. The van der Waals surface area contributed by atoms with Gasteiger partial charge < -0.3 is 10.8 Å². The topological polar surface area (TPSA) is 49.5 Å². The predicted molar refractivity (Wildman–Crippen MR) is 46.0 cm³/mol. The molecule has 0 rings (SSSR count). The Hall–Kier alpha value is -0.190. The van der Waals surface area contributed by atoms with E-state index in [0.29, 0.717) is 18.1 Å². The number of nitrogens with two attached hydrogens (primary N) is 1. The summed E-state index contributed by atoms with van der Waals surface area (Å²) in [7, 11) is 0. The predicted octanol–water partition coefficient (Wildman–Crippen LogP) is -0.413. The van der Waals surface area contributed by atoms with Crippen LogP contribution in [0.4, 0.5) is 0 Å². The lowest BCUT2D eigenvalue weighted by Gasteiger charge is -2.17. The molecular weight excluding hydrogens is 148 g/mol. The van der Waals surface area contributed by atoms with Crippen molar-refractivity contribution in [1.82, 2.24) is 4.90 Å². The maximum atomic E-state index is 8.55. The van der Waals surface area contributed by atoms with E-state index in [1.54, 1.807) is 0 Å². The van der Waals surface area contributed by atoms with Gasteiger partial charge in [-0.1, -0.05) is 19.1 Å². The second kappa shape index (κ2) is 5.58. The molecule has 0 saturated heterocycles. The van der Waals surface area contributed by atoms with E-state index in [1.807, 2.05) is 11.8 Å². The highest BCUT2D eigenvalue weighted by Gasteiger charge is 2.00. The third kappa shape index (κ3) is 4.67. The van der Waals surface area contributed by atoms with Crippen molar-refractivity contribution in [3.63, 3.8) is 0 Å². The number of aliphatic hydroxyl groups excluding tert-OH is 1. The summed E-state index contributed by atoms with van der Waals surface area (Å²) in [6.45, 7) is 4.29. The third-order valence-electron chi connectivity index (χ3n) is 1.24. The molecule has 0 radical (unpaired) electrons. The van der Waals surface area contributed by atoms with E-state index in [9.17, 15) is 0 Å². The Morgan fingerprint density at radius 2 is 2.30 bits per heavy atom.